The third kappa shape index (κ3) is 3.85. The number of hydrogen-bond donors (Lipinski definition) is 3. The molecule has 0 fully saturated rings. The molecule has 0 radical (unpaired) electrons. The topological polar surface area (TPSA) is 81.1 Å². The normalized spacial score (nSPS) is 12.1. The number of hydrogen-bond acceptors (Lipinski definition) is 4. The Morgan fingerprint density at radius 1 is 1.53 bits per heavy atom. The van der Waals surface area contributed by atoms with E-state index >= 15 is 0 Å². The predicted octanol–water partition coefficient (Wildman–Crippen LogP) is 1.92. The molecule has 1 atom stereocenters. The number of anilines is 2. The second-order valence-electron chi connectivity index (χ2n) is 3.96. The minimum Gasteiger partial charge on any atom is -0.396 e. The van der Waals surface area contributed by atoms with Crippen molar-refractivity contribution in [1.29, 1.82) is 0 Å². The first-order chi connectivity index (χ1) is 8.06. The Labute approximate surface area is 106 Å². The monoisotopic (exact) mass is 253 g/mol. The molecule has 0 saturated carbocycles. The molecular weight excluding hydrogens is 234 g/mol. The fraction of sp³-hybridized carbons (Fsp3) is 0.417. The number of para-hydroxylation sites is 1. The average molecular weight is 253 g/mol. The van der Waals surface area contributed by atoms with Gasteiger partial charge in [0.15, 0.2) is 0 Å². The van der Waals surface area contributed by atoms with Crippen molar-refractivity contribution < 1.29 is 4.79 Å². The molecule has 0 aliphatic carbocycles. The highest BCUT2D eigenvalue weighted by Gasteiger charge is 2.10. The van der Waals surface area contributed by atoms with E-state index < -0.39 is 5.91 Å². The molecular formula is C12H19N3OS. The Morgan fingerprint density at radius 3 is 2.82 bits per heavy atom. The predicted molar refractivity (Wildman–Crippen MR) is 75.5 cm³/mol. The van der Waals surface area contributed by atoms with Crippen LogP contribution in [0.3, 0.4) is 0 Å². The summed E-state index contributed by atoms with van der Waals surface area (Å²) in [6, 6.07) is 5.58. The minimum atomic E-state index is -0.497. The van der Waals surface area contributed by atoms with Crippen molar-refractivity contribution in [3.05, 3.63) is 23.8 Å². The van der Waals surface area contributed by atoms with Crippen molar-refractivity contribution in [3.8, 4) is 0 Å². The standard InChI is InChI=1S/C12H19N3OS/c1-8(6-7-17-2)15-10-5-3-4-9(11(10)13)12(14)16/h3-5,8,15H,6-7,13H2,1-2H3,(H2,14,16). The summed E-state index contributed by atoms with van der Waals surface area (Å²) in [6.07, 6.45) is 3.12. The number of nitrogen functional groups attached to an aromatic ring is 1. The van der Waals surface area contributed by atoms with Gasteiger partial charge in [-0.25, -0.2) is 0 Å². The van der Waals surface area contributed by atoms with Crippen LogP contribution in [0.5, 0.6) is 0 Å². The van der Waals surface area contributed by atoms with Crippen molar-refractivity contribution in [3.63, 3.8) is 0 Å². The van der Waals surface area contributed by atoms with Crippen LogP contribution in [0.25, 0.3) is 0 Å². The molecule has 94 valence electrons. The zero-order chi connectivity index (χ0) is 12.8. The molecule has 0 bridgehead atoms. The van der Waals surface area contributed by atoms with Crippen molar-refractivity contribution in [2.24, 2.45) is 5.73 Å². The SMILES string of the molecule is CSCCC(C)Nc1cccc(C(N)=O)c1N. The number of nitrogens with two attached hydrogens (primary N) is 2. The Bertz CT molecular complexity index is 395. The van der Waals surface area contributed by atoms with Gasteiger partial charge in [-0.05, 0) is 37.5 Å². The second kappa shape index (κ2) is 6.39. The van der Waals surface area contributed by atoms with E-state index in [0.717, 1.165) is 17.9 Å². The number of carbonyl (C=O) groups is 1. The van der Waals surface area contributed by atoms with Crippen LogP contribution in [0.15, 0.2) is 18.2 Å². The third-order valence-electron chi connectivity index (χ3n) is 2.53. The molecule has 5 heteroatoms. The number of amides is 1. The van der Waals surface area contributed by atoms with Gasteiger partial charge in [-0.1, -0.05) is 6.07 Å². The van der Waals surface area contributed by atoms with Crippen LogP contribution in [0, 0.1) is 0 Å². The van der Waals surface area contributed by atoms with E-state index in [2.05, 4.69) is 18.5 Å². The molecule has 1 unspecified atom stereocenters. The molecule has 1 aromatic carbocycles. The van der Waals surface area contributed by atoms with Crippen LogP contribution in [0.4, 0.5) is 11.4 Å². The number of benzene rings is 1. The third-order valence-corrected chi connectivity index (χ3v) is 3.17. The molecule has 0 saturated heterocycles. The molecule has 0 spiro atoms. The molecule has 1 aromatic rings. The van der Waals surface area contributed by atoms with Crippen molar-refractivity contribution >= 4 is 29.0 Å². The Hall–Kier alpha value is -1.36. The first-order valence-electron chi connectivity index (χ1n) is 5.50. The van der Waals surface area contributed by atoms with Gasteiger partial charge >= 0.3 is 0 Å². The molecule has 0 aliphatic rings. The summed E-state index contributed by atoms with van der Waals surface area (Å²) in [4.78, 5) is 11.1. The van der Waals surface area contributed by atoms with E-state index in [1.807, 2.05) is 17.8 Å². The van der Waals surface area contributed by atoms with E-state index in [0.29, 0.717) is 17.3 Å². The molecule has 1 rings (SSSR count). The summed E-state index contributed by atoms with van der Waals surface area (Å²) in [5.41, 5.74) is 12.7. The van der Waals surface area contributed by atoms with Crippen LogP contribution < -0.4 is 16.8 Å². The van der Waals surface area contributed by atoms with Gasteiger partial charge in [0.1, 0.15) is 0 Å². The van der Waals surface area contributed by atoms with Gasteiger partial charge in [0.25, 0.3) is 5.91 Å². The lowest BCUT2D eigenvalue weighted by Crippen LogP contribution is -2.19. The molecule has 17 heavy (non-hydrogen) atoms. The highest BCUT2D eigenvalue weighted by Crippen LogP contribution is 2.23. The van der Waals surface area contributed by atoms with E-state index in [4.69, 9.17) is 11.5 Å². The van der Waals surface area contributed by atoms with Crippen LogP contribution in [-0.2, 0) is 0 Å². The molecule has 0 aliphatic heterocycles. The molecule has 1 amide bonds. The van der Waals surface area contributed by atoms with Gasteiger partial charge in [-0.3, -0.25) is 4.79 Å². The maximum atomic E-state index is 11.1. The van der Waals surface area contributed by atoms with E-state index in [9.17, 15) is 4.79 Å². The van der Waals surface area contributed by atoms with Gasteiger partial charge in [0.2, 0.25) is 0 Å². The summed E-state index contributed by atoms with van der Waals surface area (Å²) in [6.45, 7) is 2.09. The highest BCUT2D eigenvalue weighted by atomic mass is 32.2. The summed E-state index contributed by atoms with van der Waals surface area (Å²) in [5.74, 6) is 0.590. The fourth-order valence-corrected chi connectivity index (χ4v) is 2.13. The Morgan fingerprint density at radius 2 is 2.24 bits per heavy atom. The quantitative estimate of drug-likeness (QED) is 0.677. The summed E-state index contributed by atoms with van der Waals surface area (Å²) in [5, 5.41) is 3.29. The second-order valence-corrected chi connectivity index (χ2v) is 4.94. The number of rotatable bonds is 6. The van der Waals surface area contributed by atoms with Crippen LogP contribution in [-0.4, -0.2) is 24.0 Å². The Kier molecular flexibility index (Phi) is 5.15. The van der Waals surface area contributed by atoms with Crippen molar-refractivity contribution in [2.75, 3.05) is 23.1 Å². The van der Waals surface area contributed by atoms with E-state index in [-0.39, 0.29) is 0 Å². The number of primary amides is 1. The van der Waals surface area contributed by atoms with E-state index in [1.54, 1.807) is 12.1 Å². The Balaban J connectivity index is 2.77. The molecule has 4 nitrogen and oxygen atoms in total. The lowest BCUT2D eigenvalue weighted by Gasteiger charge is -2.17. The van der Waals surface area contributed by atoms with Gasteiger partial charge in [-0.2, -0.15) is 11.8 Å². The van der Waals surface area contributed by atoms with Crippen LogP contribution >= 0.6 is 11.8 Å². The number of thioether (sulfide) groups is 1. The molecule has 0 heterocycles. The highest BCUT2D eigenvalue weighted by molar-refractivity contribution is 7.98. The average Bonchev–Trinajstić information content (AvgIpc) is 2.28. The first kappa shape index (κ1) is 13.7. The van der Waals surface area contributed by atoms with Gasteiger partial charge in [-0.15, -0.1) is 0 Å². The summed E-state index contributed by atoms with van der Waals surface area (Å²) >= 11 is 1.81. The van der Waals surface area contributed by atoms with Crippen LogP contribution in [0.2, 0.25) is 0 Å². The van der Waals surface area contributed by atoms with Gasteiger partial charge < -0.3 is 16.8 Å². The van der Waals surface area contributed by atoms with Gasteiger partial charge in [0, 0.05) is 6.04 Å². The first-order valence-corrected chi connectivity index (χ1v) is 6.89. The summed E-state index contributed by atoms with van der Waals surface area (Å²) in [7, 11) is 0. The van der Waals surface area contributed by atoms with Crippen LogP contribution in [0.1, 0.15) is 23.7 Å². The maximum Gasteiger partial charge on any atom is 0.250 e. The summed E-state index contributed by atoms with van der Waals surface area (Å²) < 4.78 is 0. The fourth-order valence-electron chi connectivity index (χ4n) is 1.54. The van der Waals surface area contributed by atoms with Crippen molar-refractivity contribution in [2.45, 2.75) is 19.4 Å². The number of nitrogens with one attached hydrogen (secondary N) is 1. The molecule has 0 aromatic heterocycles. The zero-order valence-electron chi connectivity index (χ0n) is 10.2. The largest absolute Gasteiger partial charge is 0.396 e. The van der Waals surface area contributed by atoms with Crippen molar-refractivity contribution in [1.82, 2.24) is 0 Å². The van der Waals surface area contributed by atoms with Gasteiger partial charge in [0.05, 0.1) is 16.9 Å². The lowest BCUT2D eigenvalue weighted by molar-refractivity contribution is 0.100. The molecule has 5 N–H and O–H groups in total. The zero-order valence-corrected chi connectivity index (χ0v) is 11.0. The maximum absolute atomic E-state index is 11.1. The number of carbonyl (C=O) groups excluding carboxylic acids is 1. The van der Waals surface area contributed by atoms with E-state index in [1.165, 1.54) is 0 Å². The lowest BCUT2D eigenvalue weighted by atomic mass is 10.1. The smallest absolute Gasteiger partial charge is 0.250 e. The minimum absolute atomic E-state index is 0.313.